The largest absolute Gasteiger partial charge is 0.313 e. The van der Waals surface area contributed by atoms with Crippen LogP contribution in [0.3, 0.4) is 0 Å². The molecule has 0 spiro atoms. The van der Waals surface area contributed by atoms with Crippen LogP contribution in [0.15, 0.2) is 41.3 Å². The molecular formula is C15H18N2O2S. The topological polar surface area (TPSA) is 70.0 Å². The summed E-state index contributed by atoms with van der Waals surface area (Å²) in [5.41, 5.74) is 0.469. The molecule has 0 radical (unpaired) electrons. The fourth-order valence-electron chi connectivity index (χ4n) is 2.23. The van der Waals surface area contributed by atoms with Crippen LogP contribution in [0.2, 0.25) is 0 Å². The fourth-order valence-corrected chi connectivity index (χ4v) is 3.40. The van der Waals surface area contributed by atoms with Crippen molar-refractivity contribution < 1.29 is 8.42 Å². The second-order valence-electron chi connectivity index (χ2n) is 4.89. The van der Waals surface area contributed by atoms with Gasteiger partial charge in [-0.15, -0.1) is 0 Å². The van der Waals surface area contributed by atoms with E-state index in [0.717, 1.165) is 19.3 Å². The number of nitrogens with zero attached hydrogens (tertiary/aromatic N) is 1. The molecule has 0 aromatic heterocycles. The van der Waals surface area contributed by atoms with Gasteiger partial charge in [-0.1, -0.05) is 12.2 Å². The molecule has 0 saturated carbocycles. The van der Waals surface area contributed by atoms with Crippen molar-refractivity contribution in [3.8, 4) is 6.07 Å². The number of rotatable bonds is 5. The van der Waals surface area contributed by atoms with E-state index in [-0.39, 0.29) is 10.6 Å². The van der Waals surface area contributed by atoms with Crippen LogP contribution in [-0.4, -0.2) is 26.8 Å². The van der Waals surface area contributed by atoms with Crippen molar-refractivity contribution in [3.05, 3.63) is 42.0 Å². The first-order valence-corrected chi connectivity index (χ1v) is 8.38. The van der Waals surface area contributed by atoms with Gasteiger partial charge >= 0.3 is 0 Å². The zero-order valence-corrected chi connectivity index (χ0v) is 12.1. The number of hydrogen-bond acceptors (Lipinski definition) is 4. The Bertz CT molecular complexity index is 612. The molecule has 1 atom stereocenters. The molecular weight excluding hydrogens is 272 g/mol. The van der Waals surface area contributed by atoms with Crippen molar-refractivity contribution in [1.29, 1.82) is 5.26 Å². The summed E-state index contributed by atoms with van der Waals surface area (Å²) in [6, 6.07) is 8.43. The van der Waals surface area contributed by atoms with Gasteiger partial charge in [-0.05, 0) is 43.5 Å². The second-order valence-corrected chi connectivity index (χ2v) is 7.00. The fraction of sp³-hybridized carbons (Fsp3) is 0.400. The molecule has 5 heteroatoms. The number of hydrogen-bond donors (Lipinski definition) is 1. The third kappa shape index (κ3) is 3.92. The number of allylic oxidation sites excluding steroid dienone is 1. The third-order valence-corrected chi connectivity index (χ3v) is 5.15. The Morgan fingerprint density at radius 2 is 2.00 bits per heavy atom. The van der Waals surface area contributed by atoms with Crippen molar-refractivity contribution in [1.82, 2.24) is 5.32 Å². The van der Waals surface area contributed by atoms with Crippen molar-refractivity contribution >= 4 is 9.84 Å². The lowest BCUT2D eigenvalue weighted by Crippen LogP contribution is -2.33. The second kappa shape index (κ2) is 6.69. The summed E-state index contributed by atoms with van der Waals surface area (Å²) >= 11 is 0. The average Bonchev–Trinajstić information content (AvgIpc) is 2.48. The first-order chi connectivity index (χ1) is 9.62. The standard InChI is InChI=1S/C15H18N2O2S/c16-12-13-6-8-15(9-7-13)20(18,19)11-10-17-14-4-2-1-3-5-14/h1-2,6-9,14,17H,3-5,10-11H2. The van der Waals surface area contributed by atoms with Crippen LogP contribution in [0.25, 0.3) is 0 Å². The highest BCUT2D eigenvalue weighted by Gasteiger charge is 2.15. The maximum Gasteiger partial charge on any atom is 0.179 e. The van der Waals surface area contributed by atoms with E-state index in [4.69, 9.17) is 5.26 Å². The van der Waals surface area contributed by atoms with Crippen molar-refractivity contribution in [3.63, 3.8) is 0 Å². The molecule has 1 N–H and O–H groups in total. The average molecular weight is 290 g/mol. The molecule has 0 aliphatic heterocycles. The molecule has 1 aliphatic rings. The van der Waals surface area contributed by atoms with Crippen molar-refractivity contribution in [2.45, 2.75) is 30.2 Å². The zero-order chi connectivity index (χ0) is 14.4. The molecule has 1 aliphatic carbocycles. The van der Waals surface area contributed by atoms with E-state index in [0.29, 0.717) is 18.2 Å². The summed E-state index contributed by atoms with van der Waals surface area (Å²) in [5, 5.41) is 12.0. The van der Waals surface area contributed by atoms with E-state index in [1.54, 1.807) is 0 Å². The van der Waals surface area contributed by atoms with Gasteiger partial charge in [-0.2, -0.15) is 5.26 Å². The predicted octanol–water partition coefficient (Wildman–Crippen LogP) is 2.03. The van der Waals surface area contributed by atoms with Gasteiger partial charge in [0, 0.05) is 12.6 Å². The minimum Gasteiger partial charge on any atom is -0.313 e. The van der Waals surface area contributed by atoms with Gasteiger partial charge in [0.2, 0.25) is 0 Å². The van der Waals surface area contributed by atoms with Gasteiger partial charge in [0.15, 0.2) is 9.84 Å². The molecule has 2 rings (SSSR count). The van der Waals surface area contributed by atoms with Gasteiger partial charge in [-0.25, -0.2) is 8.42 Å². The van der Waals surface area contributed by atoms with Gasteiger partial charge in [-0.3, -0.25) is 0 Å². The summed E-state index contributed by atoms with van der Waals surface area (Å²) in [5.74, 6) is 0.0825. The molecule has 0 fully saturated rings. The monoisotopic (exact) mass is 290 g/mol. The molecule has 106 valence electrons. The van der Waals surface area contributed by atoms with Crippen LogP contribution in [0.1, 0.15) is 24.8 Å². The summed E-state index contributed by atoms with van der Waals surface area (Å²) < 4.78 is 24.3. The summed E-state index contributed by atoms with van der Waals surface area (Å²) in [4.78, 5) is 0.279. The van der Waals surface area contributed by atoms with Gasteiger partial charge in [0.1, 0.15) is 0 Å². The molecule has 1 aromatic carbocycles. The zero-order valence-electron chi connectivity index (χ0n) is 11.2. The molecule has 20 heavy (non-hydrogen) atoms. The highest BCUT2D eigenvalue weighted by molar-refractivity contribution is 7.91. The number of nitrogens with one attached hydrogen (secondary N) is 1. The minimum absolute atomic E-state index is 0.0825. The third-order valence-electron chi connectivity index (χ3n) is 3.42. The van der Waals surface area contributed by atoms with E-state index in [1.165, 1.54) is 24.3 Å². The number of benzene rings is 1. The Hall–Kier alpha value is -1.64. The van der Waals surface area contributed by atoms with Crippen molar-refractivity contribution in [2.24, 2.45) is 0 Å². The van der Waals surface area contributed by atoms with Crippen LogP contribution in [0.4, 0.5) is 0 Å². The number of sulfone groups is 1. The lowest BCUT2D eigenvalue weighted by molar-refractivity contribution is 0.487. The van der Waals surface area contributed by atoms with Gasteiger partial charge in [0.25, 0.3) is 0 Å². The van der Waals surface area contributed by atoms with Crippen LogP contribution in [-0.2, 0) is 9.84 Å². The quantitative estimate of drug-likeness (QED) is 0.842. The Balaban J connectivity index is 1.90. The lowest BCUT2D eigenvalue weighted by Gasteiger charge is -2.19. The highest BCUT2D eigenvalue weighted by atomic mass is 32.2. The normalized spacial score (nSPS) is 18.6. The number of nitriles is 1. The molecule has 0 heterocycles. The van der Waals surface area contributed by atoms with Crippen LogP contribution >= 0.6 is 0 Å². The predicted molar refractivity (Wildman–Crippen MR) is 78.0 cm³/mol. The first kappa shape index (κ1) is 14.8. The maximum atomic E-state index is 12.1. The van der Waals surface area contributed by atoms with Crippen LogP contribution < -0.4 is 5.32 Å². The lowest BCUT2D eigenvalue weighted by atomic mass is 10.0. The van der Waals surface area contributed by atoms with Crippen LogP contribution in [0.5, 0.6) is 0 Å². The smallest absolute Gasteiger partial charge is 0.179 e. The van der Waals surface area contributed by atoms with Gasteiger partial charge in [0.05, 0.1) is 22.3 Å². The highest BCUT2D eigenvalue weighted by Crippen LogP contribution is 2.13. The summed E-state index contributed by atoms with van der Waals surface area (Å²) in [6.07, 6.45) is 7.38. The van der Waals surface area contributed by atoms with Crippen molar-refractivity contribution in [2.75, 3.05) is 12.3 Å². The Kier molecular flexibility index (Phi) is 4.94. The molecule has 0 saturated heterocycles. The molecule has 4 nitrogen and oxygen atoms in total. The van der Waals surface area contributed by atoms with Crippen LogP contribution in [0, 0.1) is 11.3 Å². The first-order valence-electron chi connectivity index (χ1n) is 6.73. The van der Waals surface area contributed by atoms with E-state index < -0.39 is 9.84 Å². The maximum absolute atomic E-state index is 12.1. The summed E-state index contributed by atoms with van der Waals surface area (Å²) in [7, 11) is -3.28. The Labute approximate surface area is 120 Å². The van der Waals surface area contributed by atoms with E-state index in [2.05, 4.69) is 17.5 Å². The molecule has 1 unspecified atom stereocenters. The minimum atomic E-state index is -3.28. The SMILES string of the molecule is N#Cc1ccc(S(=O)(=O)CCNC2CC=CCC2)cc1. The molecule has 0 amide bonds. The Morgan fingerprint density at radius 1 is 1.25 bits per heavy atom. The van der Waals surface area contributed by atoms with E-state index >= 15 is 0 Å². The van der Waals surface area contributed by atoms with Gasteiger partial charge < -0.3 is 5.32 Å². The van der Waals surface area contributed by atoms with E-state index in [1.807, 2.05) is 6.07 Å². The van der Waals surface area contributed by atoms with E-state index in [9.17, 15) is 8.42 Å². The summed E-state index contributed by atoms with van der Waals surface area (Å²) in [6.45, 7) is 0.459. The Morgan fingerprint density at radius 3 is 2.60 bits per heavy atom. The molecule has 0 bridgehead atoms. The molecule has 1 aromatic rings.